The molecular formula is C14H16FN3. The van der Waals surface area contributed by atoms with Crippen molar-refractivity contribution in [1.29, 1.82) is 0 Å². The second-order valence-corrected chi connectivity index (χ2v) is 4.25. The van der Waals surface area contributed by atoms with Crippen molar-refractivity contribution >= 4 is 0 Å². The highest BCUT2D eigenvalue weighted by Gasteiger charge is 2.14. The average molecular weight is 245 g/mol. The zero-order valence-electron chi connectivity index (χ0n) is 10.2. The molecule has 18 heavy (non-hydrogen) atoms. The molecule has 0 saturated heterocycles. The van der Waals surface area contributed by atoms with Gasteiger partial charge in [0.05, 0.1) is 6.04 Å². The number of hydrogen-bond acceptors (Lipinski definition) is 3. The molecule has 1 unspecified atom stereocenters. The van der Waals surface area contributed by atoms with E-state index < -0.39 is 0 Å². The predicted octanol–water partition coefficient (Wildman–Crippen LogP) is 2.28. The lowest BCUT2D eigenvalue weighted by Gasteiger charge is -2.18. The van der Waals surface area contributed by atoms with Gasteiger partial charge in [0.15, 0.2) is 0 Å². The lowest BCUT2D eigenvalue weighted by molar-refractivity contribution is 0.526. The first kappa shape index (κ1) is 12.7. The SMILES string of the molecule is Cc1ccncc1C(Cc1ccccc1F)NN. The Labute approximate surface area is 106 Å². The van der Waals surface area contributed by atoms with Gasteiger partial charge in [-0.15, -0.1) is 0 Å². The smallest absolute Gasteiger partial charge is 0.126 e. The summed E-state index contributed by atoms with van der Waals surface area (Å²) in [7, 11) is 0. The van der Waals surface area contributed by atoms with E-state index in [2.05, 4.69) is 10.4 Å². The molecule has 1 aromatic carbocycles. The zero-order valence-corrected chi connectivity index (χ0v) is 10.2. The molecule has 3 N–H and O–H groups in total. The quantitative estimate of drug-likeness (QED) is 0.642. The van der Waals surface area contributed by atoms with Crippen LogP contribution < -0.4 is 11.3 Å². The molecule has 0 saturated carbocycles. The Bertz CT molecular complexity index is 528. The molecule has 4 heteroatoms. The minimum absolute atomic E-state index is 0.143. The molecule has 0 spiro atoms. The van der Waals surface area contributed by atoms with E-state index in [1.165, 1.54) is 6.07 Å². The van der Waals surface area contributed by atoms with Crippen LogP contribution in [-0.2, 0) is 6.42 Å². The lowest BCUT2D eigenvalue weighted by Crippen LogP contribution is -2.30. The van der Waals surface area contributed by atoms with E-state index in [0.29, 0.717) is 12.0 Å². The average Bonchev–Trinajstić information content (AvgIpc) is 2.39. The summed E-state index contributed by atoms with van der Waals surface area (Å²) in [6.45, 7) is 1.99. The van der Waals surface area contributed by atoms with Crippen LogP contribution in [0.15, 0.2) is 42.7 Å². The lowest BCUT2D eigenvalue weighted by atomic mass is 9.97. The van der Waals surface area contributed by atoms with Gasteiger partial charge in [-0.05, 0) is 42.2 Å². The number of hydrazine groups is 1. The molecule has 0 aliphatic carbocycles. The van der Waals surface area contributed by atoms with E-state index >= 15 is 0 Å². The number of rotatable bonds is 4. The highest BCUT2D eigenvalue weighted by molar-refractivity contribution is 5.28. The Balaban J connectivity index is 2.26. The molecule has 0 radical (unpaired) electrons. The fraction of sp³-hybridized carbons (Fsp3) is 0.214. The van der Waals surface area contributed by atoms with E-state index in [1.54, 1.807) is 24.5 Å². The van der Waals surface area contributed by atoms with Gasteiger partial charge in [-0.25, -0.2) is 4.39 Å². The Morgan fingerprint density at radius 3 is 2.78 bits per heavy atom. The summed E-state index contributed by atoms with van der Waals surface area (Å²) in [6, 6.07) is 8.50. The van der Waals surface area contributed by atoms with Crippen LogP contribution in [0.1, 0.15) is 22.7 Å². The number of nitrogens with two attached hydrogens (primary N) is 1. The van der Waals surface area contributed by atoms with Crippen LogP contribution in [-0.4, -0.2) is 4.98 Å². The van der Waals surface area contributed by atoms with Crippen LogP contribution in [0.3, 0.4) is 0 Å². The first-order chi connectivity index (χ1) is 8.72. The Hall–Kier alpha value is -1.78. The molecule has 0 aliphatic rings. The maximum absolute atomic E-state index is 13.6. The molecule has 0 amide bonds. The second-order valence-electron chi connectivity index (χ2n) is 4.25. The van der Waals surface area contributed by atoms with Gasteiger partial charge in [0.25, 0.3) is 0 Å². The minimum atomic E-state index is -0.209. The van der Waals surface area contributed by atoms with E-state index in [4.69, 9.17) is 5.84 Å². The number of nitrogens with zero attached hydrogens (tertiary/aromatic N) is 1. The third-order valence-electron chi connectivity index (χ3n) is 3.04. The van der Waals surface area contributed by atoms with Crippen LogP contribution in [0.4, 0.5) is 4.39 Å². The van der Waals surface area contributed by atoms with Crippen molar-refractivity contribution in [1.82, 2.24) is 10.4 Å². The van der Waals surface area contributed by atoms with Crippen LogP contribution in [0.5, 0.6) is 0 Å². The van der Waals surface area contributed by atoms with Gasteiger partial charge in [0.1, 0.15) is 5.82 Å². The number of benzene rings is 1. The molecule has 0 aliphatic heterocycles. The topological polar surface area (TPSA) is 50.9 Å². The van der Waals surface area contributed by atoms with Crippen molar-refractivity contribution in [3.63, 3.8) is 0 Å². The number of nitrogens with one attached hydrogen (secondary N) is 1. The van der Waals surface area contributed by atoms with Crippen LogP contribution in [0, 0.1) is 12.7 Å². The van der Waals surface area contributed by atoms with Crippen molar-refractivity contribution in [3.05, 3.63) is 65.2 Å². The summed E-state index contributed by atoms with van der Waals surface area (Å²) >= 11 is 0. The molecular weight excluding hydrogens is 229 g/mol. The van der Waals surface area contributed by atoms with Gasteiger partial charge in [0.2, 0.25) is 0 Å². The van der Waals surface area contributed by atoms with Gasteiger partial charge < -0.3 is 0 Å². The number of hydrogen-bond donors (Lipinski definition) is 2. The standard InChI is InChI=1S/C14H16FN3/c1-10-6-7-17-9-12(10)14(18-16)8-11-4-2-3-5-13(11)15/h2-7,9,14,18H,8,16H2,1H3. The summed E-state index contributed by atoms with van der Waals surface area (Å²) in [4.78, 5) is 4.09. The van der Waals surface area contributed by atoms with Crippen molar-refractivity contribution in [2.75, 3.05) is 0 Å². The fourth-order valence-corrected chi connectivity index (χ4v) is 1.98. The Morgan fingerprint density at radius 1 is 1.33 bits per heavy atom. The summed E-state index contributed by atoms with van der Waals surface area (Å²) in [6.07, 6.45) is 3.99. The molecule has 94 valence electrons. The van der Waals surface area contributed by atoms with Crippen molar-refractivity contribution in [3.8, 4) is 0 Å². The molecule has 2 aromatic rings. The van der Waals surface area contributed by atoms with Crippen LogP contribution >= 0.6 is 0 Å². The largest absolute Gasteiger partial charge is 0.271 e. The molecule has 0 fully saturated rings. The predicted molar refractivity (Wildman–Crippen MR) is 69.1 cm³/mol. The number of pyridine rings is 1. The molecule has 1 atom stereocenters. The monoisotopic (exact) mass is 245 g/mol. The van der Waals surface area contributed by atoms with Gasteiger partial charge in [-0.3, -0.25) is 16.3 Å². The van der Waals surface area contributed by atoms with Gasteiger partial charge in [-0.2, -0.15) is 0 Å². The van der Waals surface area contributed by atoms with E-state index in [1.807, 2.05) is 19.1 Å². The summed E-state index contributed by atoms with van der Waals surface area (Å²) in [5, 5.41) is 0. The maximum atomic E-state index is 13.6. The maximum Gasteiger partial charge on any atom is 0.126 e. The van der Waals surface area contributed by atoms with Crippen LogP contribution in [0.2, 0.25) is 0 Å². The summed E-state index contributed by atoms with van der Waals surface area (Å²) in [5.41, 5.74) is 5.45. The highest BCUT2D eigenvalue weighted by atomic mass is 19.1. The van der Waals surface area contributed by atoms with Crippen molar-refractivity contribution in [2.24, 2.45) is 5.84 Å². The molecule has 1 heterocycles. The minimum Gasteiger partial charge on any atom is -0.271 e. The Kier molecular flexibility index (Phi) is 4.02. The van der Waals surface area contributed by atoms with E-state index in [9.17, 15) is 4.39 Å². The first-order valence-electron chi connectivity index (χ1n) is 5.82. The number of halogens is 1. The first-order valence-corrected chi connectivity index (χ1v) is 5.82. The van der Waals surface area contributed by atoms with E-state index in [-0.39, 0.29) is 11.9 Å². The number of aromatic nitrogens is 1. The summed E-state index contributed by atoms with van der Waals surface area (Å²) in [5.74, 6) is 5.36. The van der Waals surface area contributed by atoms with Crippen LogP contribution in [0.25, 0.3) is 0 Å². The Morgan fingerprint density at radius 2 is 2.11 bits per heavy atom. The fourth-order valence-electron chi connectivity index (χ4n) is 1.98. The van der Waals surface area contributed by atoms with E-state index in [0.717, 1.165) is 11.1 Å². The van der Waals surface area contributed by atoms with Gasteiger partial charge >= 0.3 is 0 Å². The molecule has 1 aromatic heterocycles. The van der Waals surface area contributed by atoms with Crippen molar-refractivity contribution < 1.29 is 4.39 Å². The van der Waals surface area contributed by atoms with Gasteiger partial charge in [0, 0.05) is 12.4 Å². The van der Waals surface area contributed by atoms with Gasteiger partial charge in [-0.1, -0.05) is 18.2 Å². The molecule has 3 nitrogen and oxygen atoms in total. The molecule has 0 bridgehead atoms. The highest BCUT2D eigenvalue weighted by Crippen LogP contribution is 2.21. The summed E-state index contributed by atoms with van der Waals surface area (Å²) < 4.78 is 13.6. The normalized spacial score (nSPS) is 12.4. The molecule has 2 rings (SSSR count). The third kappa shape index (κ3) is 2.72. The zero-order chi connectivity index (χ0) is 13.0. The second kappa shape index (κ2) is 5.71. The third-order valence-corrected chi connectivity index (χ3v) is 3.04. The van der Waals surface area contributed by atoms with Crippen molar-refractivity contribution in [2.45, 2.75) is 19.4 Å². The number of aryl methyl sites for hydroxylation is 1.